The fourth-order valence-corrected chi connectivity index (χ4v) is 3.66. The Morgan fingerprint density at radius 3 is 1.79 bits per heavy atom. The summed E-state index contributed by atoms with van der Waals surface area (Å²) in [6, 6.07) is 12.0. The zero-order chi connectivity index (χ0) is 24.0. The van der Waals surface area contributed by atoms with Crippen LogP contribution in [0, 0.1) is 0 Å². The molecule has 0 aromatic heterocycles. The molecule has 3 aromatic rings. The summed E-state index contributed by atoms with van der Waals surface area (Å²) >= 11 is 0. The number of phenols is 1. The van der Waals surface area contributed by atoms with Crippen LogP contribution in [0.3, 0.4) is 0 Å². The van der Waals surface area contributed by atoms with Crippen molar-refractivity contribution in [3.63, 3.8) is 0 Å². The van der Waals surface area contributed by atoms with Crippen molar-refractivity contribution in [3.05, 3.63) is 53.6 Å². The Labute approximate surface area is 194 Å². The van der Waals surface area contributed by atoms with Gasteiger partial charge in [0.2, 0.25) is 0 Å². The molecule has 7 nitrogen and oxygen atoms in total. The monoisotopic (exact) mass is 452 g/mol. The standard InChI is InChI=1S/C26H32N2O5/c1-27(2)11-5-13-32-25(30)18-7-9-21-20(15-18)17-24(29)23-16-19(8-10-22(21)23)26(31)33-14-6-12-28(3)4/h7-10,15-17,29H,5-6,11-14H2,1-4H3. The molecule has 0 aliphatic heterocycles. The van der Waals surface area contributed by atoms with Crippen molar-refractivity contribution in [2.75, 3.05) is 54.5 Å². The van der Waals surface area contributed by atoms with E-state index in [2.05, 4.69) is 0 Å². The van der Waals surface area contributed by atoms with E-state index in [-0.39, 0.29) is 11.7 Å². The molecular formula is C26H32N2O5. The summed E-state index contributed by atoms with van der Waals surface area (Å²) in [4.78, 5) is 28.9. The Kier molecular flexibility index (Phi) is 8.25. The molecule has 3 aromatic carbocycles. The van der Waals surface area contributed by atoms with Crippen LogP contribution in [0.5, 0.6) is 5.75 Å². The van der Waals surface area contributed by atoms with Gasteiger partial charge in [0.25, 0.3) is 0 Å². The number of nitrogens with zero attached hydrogens (tertiary/aromatic N) is 2. The van der Waals surface area contributed by atoms with Gasteiger partial charge in [-0.3, -0.25) is 0 Å². The van der Waals surface area contributed by atoms with E-state index in [1.165, 1.54) is 0 Å². The molecule has 0 amide bonds. The van der Waals surface area contributed by atoms with Gasteiger partial charge in [0.15, 0.2) is 0 Å². The SMILES string of the molecule is CN(C)CCCOC(=O)c1ccc2c(c1)cc(O)c1cc(C(=O)OCCCN(C)C)ccc12. The zero-order valence-electron chi connectivity index (χ0n) is 19.8. The Bertz CT molecular complexity index is 1140. The molecule has 0 aliphatic carbocycles. The molecule has 0 aliphatic rings. The van der Waals surface area contributed by atoms with Crippen molar-refractivity contribution in [1.82, 2.24) is 9.80 Å². The molecule has 0 saturated carbocycles. The lowest BCUT2D eigenvalue weighted by Crippen LogP contribution is -2.16. The summed E-state index contributed by atoms with van der Waals surface area (Å²) in [5.74, 6) is -0.763. The molecule has 0 atom stereocenters. The smallest absolute Gasteiger partial charge is 0.338 e. The van der Waals surface area contributed by atoms with Crippen molar-refractivity contribution in [3.8, 4) is 5.75 Å². The first-order valence-corrected chi connectivity index (χ1v) is 11.1. The Balaban J connectivity index is 1.77. The largest absolute Gasteiger partial charge is 0.507 e. The first kappa shape index (κ1) is 24.5. The molecule has 0 bridgehead atoms. The summed E-state index contributed by atoms with van der Waals surface area (Å²) in [6.07, 6.45) is 1.51. The van der Waals surface area contributed by atoms with Crippen LogP contribution in [0.2, 0.25) is 0 Å². The third-order valence-corrected chi connectivity index (χ3v) is 5.37. The molecule has 1 N–H and O–H groups in total. The average molecular weight is 453 g/mol. The fraction of sp³-hybridized carbons (Fsp3) is 0.385. The number of carbonyl (C=O) groups is 2. The number of aromatic hydroxyl groups is 1. The van der Waals surface area contributed by atoms with Gasteiger partial charge in [-0.25, -0.2) is 9.59 Å². The van der Waals surface area contributed by atoms with Crippen LogP contribution in [0.4, 0.5) is 0 Å². The van der Waals surface area contributed by atoms with Crippen molar-refractivity contribution < 1.29 is 24.2 Å². The van der Waals surface area contributed by atoms with Crippen LogP contribution in [-0.4, -0.2) is 81.3 Å². The first-order chi connectivity index (χ1) is 15.8. The second-order valence-electron chi connectivity index (χ2n) is 8.68. The van der Waals surface area contributed by atoms with Crippen LogP contribution in [-0.2, 0) is 9.47 Å². The number of esters is 2. The maximum absolute atomic E-state index is 12.4. The van der Waals surface area contributed by atoms with E-state index in [1.807, 2.05) is 44.1 Å². The highest BCUT2D eigenvalue weighted by molar-refractivity contribution is 6.13. The molecule has 0 saturated heterocycles. The number of fused-ring (bicyclic) bond motifs is 3. The van der Waals surface area contributed by atoms with E-state index in [0.717, 1.165) is 42.1 Å². The normalized spacial score (nSPS) is 11.5. The summed E-state index contributed by atoms with van der Waals surface area (Å²) < 4.78 is 10.7. The van der Waals surface area contributed by atoms with Gasteiger partial charge >= 0.3 is 11.9 Å². The van der Waals surface area contributed by atoms with Crippen molar-refractivity contribution >= 4 is 33.5 Å². The first-order valence-electron chi connectivity index (χ1n) is 11.1. The number of hydrogen-bond donors (Lipinski definition) is 1. The summed E-state index contributed by atoms with van der Waals surface area (Å²) in [7, 11) is 7.88. The second kappa shape index (κ2) is 11.1. The molecule has 176 valence electrons. The lowest BCUT2D eigenvalue weighted by molar-refractivity contribution is 0.0484. The predicted molar refractivity (Wildman–Crippen MR) is 130 cm³/mol. The van der Waals surface area contributed by atoms with Gasteiger partial charge in [-0.2, -0.15) is 0 Å². The lowest BCUT2D eigenvalue weighted by Gasteiger charge is -2.12. The predicted octanol–water partition coefficient (Wildman–Crippen LogP) is 3.92. The molecule has 33 heavy (non-hydrogen) atoms. The number of hydrogen-bond acceptors (Lipinski definition) is 7. The maximum atomic E-state index is 12.4. The summed E-state index contributed by atoms with van der Waals surface area (Å²) in [5.41, 5.74) is 0.823. The second-order valence-corrected chi connectivity index (χ2v) is 8.68. The third kappa shape index (κ3) is 6.43. The average Bonchev–Trinajstić information content (AvgIpc) is 2.78. The number of phenolic OH excluding ortho intramolecular Hbond substituents is 1. The Hall–Kier alpha value is -3.16. The van der Waals surface area contributed by atoms with Gasteiger partial charge in [-0.05, 0) is 87.5 Å². The van der Waals surface area contributed by atoms with Crippen molar-refractivity contribution in [2.24, 2.45) is 0 Å². The molecule has 0 heterocycles. The van der Waals surface area contributed by atoms with Crippen molar-refractivity contribution in [1.29, 1.82) is 0 Å². The highest BCUT2D eigenvalue weighted by Crippen LogP contribution is 2.34. The quantitative estimate of drug-likeness (QED) is 0.284. The number of benzene rings is 3. The van der Waals surface area contributed by atoms with Gasteiger partial charge in [-0.1, -0.05) is 12.1 Å². The van der Waals surface area contributed by atoms with E-state index in [1.54, 1.807) is 36.4 Å². The summed E-state index contributed by atoms with van der Waals surface area (Å²) in [5, 5.41) is 13.6. The highest BCUT2D eigenvalue weighted by atomic mass is 16.5. The molecule has 0 spiro atoms. The fourth-order valence-electron chi connectivity index (χ4n) is 3.66. The molecule has 3 rings (SSSR count). The zero-order valence-corrected chi connectivity index (χ0v) is 19.8. The number of rotatable bonds is 10. The minimum atomic E-state index is -0.414. The lowest BCUT2D eigenvalue weighted by atomic mass is 9.98. The van der Waals surface area contributed by atoms with Crippen LogP contribution >= 0.6 is 0 Å². The van der Waals surface area contributed by atoms with Gasteiger partial charge < -0.3 is 24.4 Å². The molecule has 7 heteroatoms. The highest BCUT2D eigenvalue weighted by Gasteiger charge is 2.14. The van der Waals surface area contributed by atoms with Gasteiger partial charge in [-0.15, -0.1) is 0 Å². The minimum Gasteiger partial charge on any atom is -0.507 e. The summed E-state index contributed by atoms with van der Waals surface area (Å²) in [6.45, 7) is 2.37. The van der Waals surface area contributed by atoms with Gasteiger partial charge in [0.1, 0.15) is 5.75 Å². The maximum Gasteiger partial charge on any atom is 0.338 e. The van der Waals surface area contributed by atoms with E-state index in [4.69, 9.17) is 9.47 Å². The van der Waals surface area contributed by atoms with Crippen LogP contribution in [0.15, 0.2) is 42.5 Å². The Morgan fingerprint density at radius 2 is 1.24 bits per heavy atom. The molecule has 0 radical (unpaired) electrons. The molecule has 0 unspecified atom stereocenters. The van der Waals surface area contributed by atoms with Gasteiger partial charge in [0, 0.05) is 18.5 Å². The van der Waals surface area contributed by atoms with E-state index < -0.39 is 5.97 Å². The topological polar surface area (TPSA) is 79.3 Å². The Morgan fingerprint density at radius 1 is 0.727 bits per heavy atom. The van der Waals surface area contributed by atoms with Crippen LogP contribution in [0.25, 0.3) is 21.5 Å². The minimum absolute atomic E-state index is 0.0382. The van der Waals surface area contributed by atoms with E-state index in [0.29, 0.717) is 29.7 Å². The van der Waals surface area contributed by atoms with Crippen LogP contribution in [0.1, 0.15) is 33.6 Å². The van der Waals surface area contributed by atoms with E-state index in [9.17, 15) is 14.7 Å². The molecule has 0 fully saturated rings. The third-order valence-electron chi connectivity index (χ3n) is 5.37. The number of ether oxygens (including phenoxy) is 2. The number of carbonyl (C=O) groups excluding carboxylic acids is 2. The van der Waals surface area contributed by atoms with Crippen LogP contribution < -0.4 is 0 Å². The van der Waals surface area contributed by atoms with E-state index >= 15 is 0 Å². The van der Waals surface area contributed by atoms with Gasteiger partial charge in [0.05, 0.1) is 24.3 Å². The van der Waals surface area contributed by atoms with Crippen molar-refractivity contribution in [2.45, 2.75) is 12.8 Å². The molecular weight excluding hydrogens is 420 g/mol.